The van der Waals surface area contributed by atoms with Gasteiger partial charge in [0.05, 0.1) is 11.0 Å². The fourth-order valence-electron chi connectivity index (χ4n) is 11.1. The quantitative estimate of drug-likeness (QED) is 0.174. The van der Waals surface area contributed by atoms with Crippen LogP contribution in [0.4, 0.5) is 0 Å². The molecule has 0 spiro atoms. The Bertz CT molecular complexity index is 3610. The number of rotatable bonds is 5. The molecular formula is C59H40N4. The Kier molecular flexibility index (Phi) is 7.83. The van der Waals surface area contributed by atoms with Crippen molar-refractivity contribution in [2.75, 3.05) is 0 Å². The van der Waals surface area contributed by atoms with Crippen LogP contribution in [0.25, 0.3) is 88.5 Å². The third kappa shape index (κ3) is 5.25. The second kappa shape index (κ2) is 13.8. The molecule has 0 amide bonds. The van der Waals surface area contributed by atoms with Crippen molar-refractivity contribution in [3.63, 3.8) is 0 Å². The van der Waals surface area contributed by atoms with Crippen LogP contribution >= 0.6 is 0 Å². The van der Waals surface area contributed by atoms with Crippen molar-refractivity contribution >= 4 is 54.6 Å². The first kappa shape index (κ1) is 35.8. The smallest absolute Gasteiger partial charge is 0.164 e. The maximum Gasteiger partial charge on any atom is 0.164 e. The Morgan fingerprint density at radius 2 is 1.14 bits per heavy atom. The first-order valence-electron chi connectivity index (χ1n) is 21.9. The summed E-state index contributed by atoms with van der Waals surface area (Å²) >= 11 is 0. The monoisotopic (exact) mass is 804 g/mol. The van der Waals surface area contributed by atoms with E-state index in [-0.39, 0.29) is 5.92 Å². The van der Waals surface area contributed by atoms with Gasteiger partial charge in [-0.15, -0.1) is 0 Å². The van der Waals surface area contributed by atoms with Crippen molar-refractivity contribution in [2.24, 2.45) is 5.92 Å². The van der Waals surface area contributed by atoms with E-state index in [4.69, 9.17) is 15.0 Å². The third-order valence-electron chi connectivity index (χ3n) is 13.8. The van der Waals surface area contributed by atoms with E-state index in [0.717, 1.165) is 23.1 Å². The van der Waals surface area contributed by atoms with Crippen LogP contribution in [0.2, 0.25) is 0 Å². The van der Waals surface area contributed by atoms with Crippen LogP contribution in [-0.2, 0) is 5.41 Å². The van der Waals surface area contributed by atoms with E-state index in [1.54, 1.807) is 0 Å². The summed E-state index contributed by atoms with van der Waals surface area (Å²) in [6.45, 7) is 2.49. The van der Waals surface area contributed by atoms with Crippen LogP contribution in [0.15, 0.2) is 212 Å². The highest BCUT2D eigenvalue weighted by molar-refractivity contribution is 6.19. The van der Waals surface area contributed by atoms with E-state index in [0.29, 0.717) is 17.5 Å². The maximum absolute atomic E-state index is 5.20. The van der Waals surface area contributed by atoms with Crippen LogP contribution < -0.4 is 0 Å². The van der Waals surface area contributed by atoms with Crippen LogP contribution in [0.1, 0.15) is 35.9 Å². The Morgan fingerprint density at radius 3 is 1.90 bits per heavy atom. The van der Waals surface area contributed by atoms with Crippen LogP contribution in [0.3, 0.4) is 0 Å². The van der Waals surface area contributed by atoms with Crippen LogP contribution in [-0.4, -0.2) is 19.5 Å². The Balaban J connectivity index is 1.07. The molecule has 0 bridgehead atoms. The van der Waals surface area contributed by atoms with Crippen molar-refractivity contribution in [3.8, 4) is 33.9 Å². The number of fused-ring (bicyclic) bond motifs is 10. The highest BCUT2D eigenvalue weighted by Crippen LogP contribution is 2.58. The maximum atomic E-state index is 5.20. The van der Waals surface area contributed by atoms with E-state index in [2.05, 4.69) is 181 Å². The van der Waals surface area contributed by atoms with Crippen molar-refractivity contribution in [2.45, 2.75) is 18.8 Å². The highest BCUT2D eigenvalue weighted by Gasteiger charge is 2.44. The Morgan fingerprint density at radius 1 is 0.524 bits per heavy atom. The van der Waals surface area contributed by atoms with Crippen molar-refractivity contribution in [1.29, 1.82) is 0 Å². The summed E-state index contributed by atoms with van der Waals surface area (Å²) in [5, 5.41) is 7.64. The van der Waals surface area contributed by atoms with Gasteiger partial charge in [-0.1, -0.05) is 188 Å². The predicted octanol–water partition coefficient (Wildman–Crippen LogP) is 14.4. The van der Waals surface area contributed by atoms with Crippen molar-refractivity contribution < 1.29 is 0 Å². The van der Waals surface area contributed by atoms with Crippen LogP contribution in [0, 0.1) is 5.92 Å². The molecule has 0 radical (unpaired) electrons. The SMILES string of the molecule is CC1(c2c3ccccc3cc3c2c2ccccc2n3C2=CC=CC3=C(c4nc(-c5ccccc5)nc(-c5ccccc5)n4)C=CCC23)c2ccccc2-c2ccc3ccccc3c21. The van der Waals surface area contributed by atoms with Crippen molar-refractivity contribution in [1.82, 2.24) is 19.5 Å². The summed E-state index contributed by atoms with van der Waals surface area (Å²) < 4.78 is 2.57. The molecule has 296 valence electrons. The molecule has 0 saturated carbocycles. The van der Waals surface area contributed by atoms with Gasteiger partial charge in [-0.3, -0.25) is 0 Å². The van der Waals surface area contributed by atoms with E-state index < -0.39 is 5.41 Å². The topological polar surface area (TPSA) is 43.6 Å². The normalized spacial score (nSPS) is 17.7. The highest BCUT2D eigenvalue weighted by atomic mass is 15.0. The van der Waals surface area contributed by atoms with Gasteiger partial charge in [0.2, 0.25) is 0 Å². The largest absolute Gasteiger partial charge is 0.312 e. The molecule has 8 aromatic carbocycles. The Labute approximate surface area is 365 Å². The molecule has 2 unspecified atom stereocenters. The van der Waals surface area contributed by atoms with Gasteiger partial charge in [0, 0.05) is 44.5 Å². The fraction of sp³-hybridized carbons (Fsp3) is 0.0678. The van der Waals surface area contributed by atoms with Gasteiger partial charge in [-0.25, -0.2) is 15.0 Å². The van der Waals surface area contributed by atoms with E-state index in [1.807, 2.05) is 36.4 Å². The molecule has 3 aliphatic carbocycles. The molecule has 2 heterocycles. The van der Waals surface area contributed by atoms with Gasteiger partial charge < -0.3 is 4.57 Å². The van der Waals surface area contributed by atoms with E-state index in [9.17, 15) is 0 Å². The van der Waals surface area contributed by atoms with Gasteiger partial charge in [0.25, 0.3) is 0 Å². The predicted molar refractivity (Wildman–Crippen MR) is 260 cm³/mol. The molecule has 63 heavy (non-hydrogen) atoms. The minimum Gasteiger partial charge on any atom is -0.312 e. The summed E-state index contributed by atoms with van der Waals surface area (Å²) in [5.74, 6) is 2.07. The fourth-order valence-corrected chi connectivity index (χ4v) is 11.1. The summed E-state index contributed by atoms with van der Waals surface area (Å²) in [4.78, 5) is 15.4. The van der Waals surface area contributed by atoms with Gasteiger partial charge in [-0.05, 0) is 86.5 Å². The van der Waals surface area contributed by atoms with E-state index in [1.165, 1.54) is 82.4 Å². The molecular weight excluding hydrogens is 765 g/mol. The molecule has 4 nitrogen and oxygen atoms in total. The number of hydrogen-bond donors (Lipinski definition) is 0. The lowest BCUT2D eigenvalue weighted by atomic mass is 9.70. The minimum atomic E-state index is -0.459. The van der Waals surface area contributed by atoms with Crippen LogP contribution in [0.5, 0.6) is 0 Å². The van der Waals surface area contributed by atoms with Gasteiger partial charge >= 0.3 is 0 Å². The first-order valence-corrected chi connectivity index (χ1v) is 21.9. The molecule has 2 aromatic heterocycles. The summed E-state index contributed by atoms with van der Waals surface area (Å²) in [6.07, 6.45) is 12.2. The molecule has 0 N–H and O–H groups in total. The second-order valence-electron chi connectivity index (χ2n) is 17.1. The average Bonchev–Trinajstić information content (AvgIpc) is 3.82. The zero-order chi connectivity index (χ0) is 41.6. The molecule has 3 aliphatic rings. The van der Waals surface area contributed by atoms with Crippen molar-refractivity contribution in [3.05, 3.63) is 234 Å². The molecule has 2 atom stereocenters. The number of benzene rings is 8. The van der Waals surface area contributed by atoms with Gasteiger partial charge in [0.15, 0.2) is 17.5 Å². The standard InChI is InChI=1S/C59H40N4/c1-59(49-31-14-12-26-44(49)46-35-34-37-18-8-10-24-41(37)54(46)59)55-42-25-11-9-23-40(42)36-52-53(55)48-27-13-15-32-51(48)63(52)50-33-17-28-43-45(50)29-16-30-47(43)58-61-56(38-19-4-2-5-20-38)60-57(62-58)39-21-6-3-7-22-39/h2-28,30-36,45H,29H2,1H3. The average molecular weight is 805 g/mol. The second-order valence-corrected chi connectivity index (χ2v) is 17.1. The zero-order valence-electron chi connectivity index (χ0n) is 34.7. The first-order chi connectivity index (χ1) is 31.1. The number of nitrogens with zero attached hydrogens (tertiary/aromatic N) is 4. The summed E-state index contributed by atoms with van der Waals surface area (Å²) in [7, 11) is 0. The molecule has 10 aromatic rings. The number of allylic oxidation sites excluding steroid dienone is 8. The molecule has 13 rings (SSSR count). The summed E-state index contributed by atoms with van der Waals surface area (Å²) in [5.41, 5.74) is 14.1. The lowest BCUT2D eigenvalue weighted by molar-refractivity contribution is 0.734. The zero-order valence-corrected chi connectivity index (χ0v) is 34.7. The number of aromatic nitrogens is 4. The molecule has 0 saturated heterocycles. The lowest BCUT2D eigenvalue weighted by Crippen LogP contribution is -2.24. The number of hydrogen-bond acceptors (Lipinski definition) is 3. The van der Waals surface area contributed by atoms with Gasteiger partial charge in [-0.2, -0.15) is 0 Å². The van der Waals surface area contributed by atoms with Gasteiger partial charge in [0.1, 0.15) is 0 Å². The Hall–Kier alpha value is -7.95. The molecule has 4 heteroatoms. The molecule has 0 aliphatic heterocycles. The summed E-state index contributed by atoms with van der Waals surface area (Å²) in [6, 6.07) is 63.7. The molecule has 0 fully saturated rings. The van der Waals surface area contributed by atoms with E-state index >= 15 is 0 Å². The third-order valence-corrected chi connectivity index (χ3v) is 13.8. The lowest BCUT2D eigenvalue weighted by Gasteiger charge is -2.32. The minimum absolute atomic E-state index is 0.0634. The number of para-hydroxylation sites is 1.